The molecular formula is C19H22O6P2. The predicted octanol–water partition coefficient (Wildman–Crippen LogP) is 5.28. The maximum atomic E-state index is 13.7. The first-order valence-corrected chi connectivity index (χ1v) is 11.3. The minimum absolute atomic E-state index is 0.577. The van der Waals surface area contributed by atoms with Crippen molar-refractivity contribution in [3.63, 3.8) is 0 Å². The van der Waals surface area contributed by atoms with E-state index in [1.807, 2.05) is 60.7 Å². The van der Waals surface area contributed by atoms with Crippen LogP contribution in [0.4, 0.5) is 0 Å². The van der Waals surface area contributed by atoms with Crippen LogP contribution < -0.4 is 0 Å². The predicted molar refractivity (Wildman–Crippen MR) is 106 cm³/mol. The first kappa shape index (κ1) is 20.2. The fourth-order valence-corrected chi connectivity index (χ4v) is 9.02. The minimum atomic E-state index is -3.96. The highest BCUT2D eigenvalue weighted by atomic mass is 31.2. The van der Waals surface area contributed by atoms with Crippen LogP contribution in [0.3, 0.4) is 0 Å². The van der Waals surface area contributed by atoms with Crippen molar-refractivity contribution in [2.75, 3.05) is 28.4 Å². The summed E-state index contributed by atoms with van der Waals surface area (Å²) in [5.74, 6) is 0. The third kappa shape index (κ3) is 2.80. The van der Waals surface area contributed by atoms with Gasteiger partial charge in [-0.15, -0.1) is 0 Å². The van der Waals surface area contributed by atoms with Crippen molar-refractivity contribution in [2.45, 2.75) is 4.90 Å². The Balaban J connectivity index is 2.37. The summed E-state index contributed by atoms with van der Waals surface area (Å²) in [4.78, 5) is -1.64. The fourth-order valence-electron chi connectivity index (χ4n) is 3.54. The number of hydrogen-bond acceptors (Lipinski definition) is 6. The Morgan fingerprint density at radius 2 is 0.889 bits per heavy atom. The molecule has 0 saturated heterocycles. The van der Waals surface area contributed by atoms with Crippen molar-refractivity contribution in [3.05, 3.63) is 71.8 Å². The second-order valence-electron chi connectivity index (χ2n) is 5.88. The lowest BCUT2D eigenvalue weighted by Crippen LogP contribution is -2.21. The van der Waals surface area contributed by atoms with E-state index in [4.69, 9.17) is 18.1 Å². The molecule has 0 saturated carbocycles. The summed E-state index contributed by atoms with van der Waals surface area (Å²) in [6.45, 7) is 0. The largest absolute Gasteiger partial charge is 0.357 e. The zero-order valence-corrected chi connectivity index (χ0v) is 17.4. The Labute approximate surface area is 159 Å². The third-order valence-corrected chi connectivity index (χ3v) is 10.6. The van der Waals surface area contributed by atoms with Crippen molar-refractivity contribution in [2.24, 2.45) is 0 Å². The van der Waals surface area contributed by atoms with Crippen LogP contribution in [0.15, 0.2) is 60.7 Å². The van der Waals surface area contributed by atoms with Crippen LogP contribution in [0.1, 0.15) is 11.1 Å². The van der Waals surface area contributed by atoms with Crippen LogP contribution in [0, 0.1) is 0 Å². The molecule has 3 rings (SSSR count). The Morgan fingerprint density at radius 1 is 0.593 bits per heavy atom. The SMILES string of the molecule is COP(=O)(OC)C1(P(=O)(OC)OC)C(c2ccccc2)=C1c1ccccc1. The molecule has 0 atom stereocenters. The molecule has 0 unspecified atom stereocenters. The number of benzene rings is 2. The lowest BCUT2D eigenvalue weighted by Gasteiger charge is -2.32. The van der Waals surface area contributed by atoms with Gasteiger partial charge in [-0.1, -0.05) is 60.7 Å². The molecule has 0 spiro atoms. The van der Waals surface area contributed by atoms with E-state index in [0.29, 0.717) is 11.1 Å². The molecule has 0 bridgehead atoms. The molecular weight excluding hydrogens is 386 g/mol. The highest BCUT2D eigenvalue weighted by Gasteiger charge is 2.78. The summed E-state index contributed by atoms with van der Waals surface area (Å²) in [5.41, 5.74) is 2.65. The molecule has 6 nitrogen and oxygen atoms in total. The van der Waals surface area contributed by atoms with Crippen LogP contribution in [-0.4, -0.2) is 33.3 Å². The van der Waals surface area contributed by atoms with Crippen LogP contribution in [0.2, 0.25) is 0 Å². The molecule has 0 amide bonds. The Morgan fingerprint density at radius 3 is 1.15 bits per heavy atom. The van der Waals surface area contributed by atoms with E-state index < -0.39 is 20.1 Å². The van der Waals surface area contributed by atoms with Gasteiger partial charge < -0.3 is 18.1 Å². The monoisotopic (exact) mass is 408 g/mol. The van der Waals surface area contributed by atoms with E-state index in [1.165, 1.54) is 28.4 Å². The average Bonchev–Trinajstić information content (AvgIpc) is 3.46. The lowest BCUT2D eigenvalue weighted by atomic mass is 10.1. The Bertz CT molecular complexity index is 846. The second-order valence-corrected chi connectivity index (χ2v) is 11.0. The Hall–Kier alpha value is -1.52. The molecule has 27 heavy (non-hydrogen) atoms. The fraction of sp³-hybridized carbons (Fsp3) is 0.263. The van der Waals surface area contributed by atoms with Gasteiger partial charge in [0.1, 0.15) is 0 Å². The van der Waals surface area contributed by atoms with E-state index >= 15 is 0 Å². The van der Waals surface area contributed by atoms with Gasteiger partial charge >= 0.3 is 15.2 Å². The summed E-state index contributed by atoms with van der Waals surface area (Å²) in [6.07, 6.45) is 0. The highest BCUT2D eigenvalue weighted by Crippen LogP contribution is 2.92. The molecule has 144 valence electrons. The van der Waals surface area contributed by atoms with Gasteiger partial charge in [-0.25, -0.2) is 0 Å². The zero-order chi connectivity index (χ0) is 19.7. The molecule has 0 radical (unpaired) electrons. The standard InChI is InChI=1S/C19H22O6P2/c1-22-26(20,23-2)19(27(21,24-3)25-4)17(15-11-7-5-8-12-15)18(19)16-13-9-6-10-14-16/h5-14H,1-4H3. The van der Waals surface area contributed by atoms with Gasteiger partial charge in [-0.05, 0) is 11.1 Å². The van der Waals surface area contributed by atoms with E-state index in [0.717, 1.165) is 11.1 Å². The molecule has 8 heteroatoms. The van der Waals surface area contributed by atoms with Crippen molar-refractivity contribution in [1.82, 2.24) is 0 Å². The number of rotatable bonds is 8. The van der Waals surface area contributed by atoms with Gasteiger partial charge in [0.15, 0.2) is 0 Å². The van der Waals surface area contributed by atoms with Gasteiger partial charge in [0.05, 0.1) is 0 Å². The summed E-state index contributed by atoms with van der Waals surface area (Å²) >= 11 is 0. The molecule has 0 heterocycles. The molecule has 0 fully saturated rings. The van der Waals surface area contributed by atoms with Gasteiger partial charge in [0.25, 0.3) is 0 Å². The first-order valence-electron chi connectivity index (χ1n) is 8.25. The van der Waals surface area contributed by atoms with E-state index in [-0.39, 0.29) is 0 Å². The zero-order valence-electron chi connectivity index (χ0n) is 15.6. The van der Waals surface area contributed by atoms with Crippen molar-refractivity contribution in [3.8, 4) is 0 Å². The average molecular weight is 408 g/mol. The van der Waals surface area contributed by atoms with Gasteiger partial charge in [-0.3, -0.25) is 9.13 Å². The quantitative estimate of drug-likeness (QED) is 0.554. The maximum absolute atomic E-state index is 13.7. The van der Waals surface area contributed by atoms with Crippen LogP contribution in [-0.2, 0) is 27.2 Å². The minimum Gasteiger partial charge on any atom is -0.311 e. The van der Waals surface area contributed by atoms with Crippen LogP contribution in [0.5, 0.6) is 0 Å². The van der Waals surface area contributed by atoms with Crippen molar-refractivity contribution >= 4 is 26.3 Å². The lowest BCUT2D eigenvalue weighted by molar-refractivity contribution is 0.249. The number of allylic oxidation sites excluding steroid dienone is 2. The molecule has 0 aliphatic heterocycles. The maximum Gasteiger partial charge on any atom is 0.357 e. The normalized spacial score (nSPS) is 16.4. The van der Waals surface area contributed by atoms with E-state index in [2.05, 4.69) is 0 Å². The molecule has 0 aromatic heterocycles. The summed E-state index contributed by atoms with van der Waals surface area (Å²) < 4.78 is 48.8. The van der Waals surface area contributed by atoms with Crippen molar-refractivity contribution in [1.29, 1.82) is 0 Å². The Kier molecular flexibility index (Phi) is 5.60. The van der Waals surface area contributed by atoms with E-state index in [1.54, 1.807) is 0 Å². The molecule has 1 aliphatic rings. The van der Waals surface area contributed by atoms with Gasteiger partial charge in [-0.2, -0.15) is 0 Å². The summed E-state index contributed by atoms with van der Waals surface area (Å²) in [7, 11) is -2.84. The third-order valence-electron chi connectivity index (χ3n) is 4.76. The molecule has 2 aromatic carbocycles. The molecule has 1 aliphatic carbocycles. The molecule has 0 N–H and O–H groups in total. The van der Waals surface area contributed by atoms with Gasteiger partial charge in [0.2, 0.25) is 4.90 Å². The first-order chi connectivity index (χ1) is 13.0. The van der Waals surface area contributed by atoms with Gasteiger partial charge in [0, 0.05) is 39.6 Å². The van der Waals surface area contributed by atoms with Crippen molar-refractivity contribution < 1.29 is 27.2 Å². The summed E-state index contributed by atoms with van der Waals surface area (Å²) in [6, 6.07) is 18.6. The topological polar surface area (TPSA) is 71.1 Å². The smallest absolute Gasteiger partial charge is 0.311 e. The van der Waals surface area contributed by atoms with Crippen LogP contribution in [0.25, 0.3) is 11.1 Å². The number of hydrogen-bond donors (Lipinski definition) is 0. The summed E-state index contributed by atoms with van der Waals surface area (Å²) in [5, 5.41) is 0. The second kappa shape index (κ2) is 7.48. The van der Waals surface area contributed by atoms with Crippen LogP contribution >= 0.6 is 15.2 Å². The highest BCUT2D eigenvalue weighted by molar-refractivity contribution is 7.77. The molecule has 2 aromatic rings. The van der Waals surface area contributed by atoms with E-state index in [9.17, 15) is 9.13 Å².